The zero-order valence-corrected chi connectivity index (χ0v) is 8.08. The van der Waals surface area contributed by atoms with E-state index in [2.05, 4.69) is 11.5 Å². The van der Waals surface area contributed by atoms with E-state index in [4.69, 9.17) is 20.4 Å². The van der Waals surface area contributed by atoms with Crippen molar-refractivity contribution in [2.45, 2.75) is 0 Å². The predicted molar refractivity (Wildman–Crippen MR) is 27.9 cm³/mol. The fraction of sp³-hybridized carbons (Fsp3) is 0. The third-order valence-corrected chi connectivity index (χ3v) is 0. The van der Waals surface area contributed by atoms with Crippen LogP contribution in [0.2, 0.25) is 0 Å². The standard InChI is InChI=1S/CH5N3.CH2O3.K.H/c2*2-1(3)4;;/h(H5,2,3,4);(H2,2,3,4);;/q;;+1;-1. The normalized spacial score (nSPS) is 5.33. The van der Waals surface area contributed by atoms with E-state index in [-0.39, 0.29) is 58.8 Å². The summed E-state index contributed by atoms with van der Waals surface area (Å²) < 4.78 is 0. The third kappa shape index (κ3) is 10000. The summed E-state index contributed by atoms with van der Waals surface area (Å²) in [6.45, 7) is 0. The molecule has 0 heterocycles. The summed E-state index contributed by atoms with van der Waals surface area (Å²) in [5, 5.41) is 20.0. The first-order valence-corrected chi connectivity index (χ1v) is 1.48. The molecule has 7 N–H and O–H groups in total. The van der Waals surface area contributed by atoms with Crippen molar-refractivity contribution in [3.05, 3.63) is 0 Å². The second kappa shape index (κ2) is 11.0. The summed E-state index contributed by atoms with van der Waals surface area (Å²) >= 11 is 0. The van der Waals surface area contributed by atoms with E-state index in [9.17, 15) is 0 Å². The predicted octanol–water partition coefficient (Wildman–Crippen LogP) is -3.82. The molecule has 0 saturated carbocycles. The minimum absolute atomic E-state index is 0. The maximum absolute atomic E-state index is 8.56. The van der Waals surface area contributed by atoms with Crippen LogP contribution in [0.3, 0.4) is 0 Å². The molecule has 9 heavy (non-hydrogen) atoms. The summed E-state index contributed by atoms with van der Waals surface area (Å²) in [5.74, 6) is -0.333. The van der Waals surface area contributed by atoms with Gasteiger partial charge in [-0.05, 0) is 0 Å². The van der Waals surface area contributed by atoms with Gasteiger partial charge >= 0.3 is 57.5 Å². The van der Waals surface area contributed by atoms with Crippen LogP contribution in [-0.4, -0.2) is 22.3 Å². The van der Waals surface area contributed by atoms with Crippen molar-refractivity contribution >= 4 is 12.1 Å². The topological polar surface area (TPSA) is 133 Å². The molecule has 0 aliphatic carbocycles. The molecule has 0 unspecified atom stereocenters. The number of carbonyl (C=O) groups is 1. The van der Waals surface area contributed by atoms with Gasteiger partial charge in [0.05, 0.1) is 0 Å². The second-order valence-corrected chi connectivity index (χ2v) is 0.738. The van der Waals surface area contributed by atoms with E-state index in [0.29, 0.717) is 0 Å². The Morgan fingerprint density at radius 2 is 1.44 bits per heavy atom. The van der Waals surface area contributed by atoms with Gasteiger partial charge in [0.2, 0.25) is 0 Å². The maximum atomic E-state index is 8.56. The Balaban J connectivity index is -0.0000000300. The molecule has 0 aliphatic heterocycles. The molecule has 0 bridgehead atoms. The van der Waals surface area contributed by atoms with Gasteiger partial charge in [0, 0.05) is 0 Å². The van der Waals surface area contributed by atoms with E-state index in [1.54, 1.807) is 0 Å². The minimum Gasteiger partial charge on any atom is -1.00 e. The van der Waals surface area contributed by atoms with Crippen molar-refractivity contribution < 1.29 is 67.8 Å². The number of nitrogens with one attached hydrogen (secondary N) is 1. The average Bonchev–Trinajstić information content (AvgIpc) is 1.25. The molecule has 0 amide bonds. The molecule has 0 atom stereocenters. The van der Waals surface area contributed by atoms with E-state index in [0.717, 1.165) is 0 Å². The average molecular weight is 161 g/mol. The van der Waals surface area contributed by atoms with E-state index >= 15 is 0 Å². The molecule has 0 spiro atoms. The van der Waals surface area contributed by atoms with Gasteiger partial charge < -0.3 is 23.1 Å². The molecule has 0 aliphatic rings. The van der Waals surface area contributed by atoms with E-state index in [1.165, 1.54) is 0 Å². The Labute approximate surface area is 95.6 Å². The molecule has 0 fully saturated rings. The molecular weight excluding hydrogens is 153 g/mol. The smallest absolute Gasteiger partial charge is 1.00 e. The van der Waals surface area contributed by atoms with Crippen molar-refractivity contribution in [3.8, 4) is 0 Å². The largest absolute Gasteiger partial charge is 1.00 e. The first-order valence-electron chi connectivity index (χ1n) is 1.48. The molecule has 0 radical (unpaired) electrons. The summed E-state index contributed by atoms with van der Waals surface area (Å²) in [6.07, 6.45) is -1.83. The van der Waals surface area contributed by atoms with Crippen molar-refractivity contribution in [2.75, 3.05) is 0 Å². The van der Waals surface area contributed by atoms with Crippen LogP contribution >= 0.6 is 0 Å². The number of hydrogen-bond donors (Lipinski definition) is 5. The van der Waals surface area contributed by atoms with Gasteiger partial charge in [-0.3, -0.25) is 5.41 Å². The quantitative estimate of drug-likeness (QED) is 0.141. The van der Waals surface area contributed by atoms with Gasteiger partial charge in [0.1, 0.15) is 0 Å². The number of nitrogens with two attached hydrogens (primary N) is 2. The molecule has 0 aromatic heterocycles. The van der Waals surface area contributed by atoms with Crippen molar-refractivity contribution in [1.29, 1.82) is 5.41 Å². The molecule has 0 aromatic rings. The maximum Gasteiger partial charge on any atom is 1.00 e. The summed E-state index contributed by atoms with van der Waals surface area (Å²) in [4.78, 5) is 8.56. The van der Waals surface area contributed by atoms with E-state index in [1.807, 2.05) is 0 Å². The van der Waals surface area contributed by atoms with Crippen LogP contribution < -0.4 is 62.9 Å². The van der Waals surface area contributed by atoms with Crippen LogP contribution in [0.4, 0.5) is 4.79 Å². The van der Waals surface area contributed by atoms with Gasteiger partial charge in [0.15, 0.2) is 5.96 Å². The zero-order chi connectivity index (χ0) is 7.15. The van der Waals surface area contributed by atoms with Crippen LogP contribution in [-0.2, 0) is 0 Å². The first-order chi connectivity index (χ1) is 3.46. The SMILES string of the molecule is N=C(N)N.O=C(O)O.[H-].[K+]. The minimum atomic E-state index is -1.83. The molecule has 0 aromatic carbocycles. The van der Waals surface area contributed by atoms with Gasteiger partial charge in [-0.25, -0.2) is 4.79 Å². The Bertz CT molecular complexity index is 79.7. The Kier molecular flexibility index (Phi) is 19.7. The van der Waals surface area contributed by atoms with Crippen LogP contribution in [0.5, 0.6) is 0 Å². The Morgan fingerprint density at radius 3 is 1.44 bits per heavy atom. The molecule has 50 valence electrons. The van der Waals surface area contributed by atoms with E-state index < -0.39 is 6.16 Å². The van der Waals surface area contributed by atoms with Crippen LogP contribution in [0.1, 0.15) is 1.43 Å². The number of carboxylic acid groups (broad SMARTS) is 2. The number of guanidine groups is 1. The van der Waals surface area contributed by atoms with Crippen LogP contribution in [0, 0.1) is 5.41 Å². The van der Waals surface area contributed by atoms with Gasteiger partial charge in [-0.1, -0.05) is 0 Å². The van der Waals surface area contributed by atoms with Gasteiger partial charge in [-0.15, -0.1) is 0 Å². The number of hydrogen-bond acceptors (Lipinski definition) is 2. The fourth-order valence-electron chi connectivity index (χ4n) is 0. The van der Waals surface area contributed by atoms with Gasteiger partial charge in [-0.2, -0.15) is 0 Å². The molecule has 7 heteroatoms. The van der Waals surface area contributed by atoms with Crippen LogP contribution in [0.25, 0.3) is 0 Å². The van der Waals surface area contributed by atoms with Crippen molar-refractivity contribution in [3.63, 3.8) is 0 Å². The van der Waals surface area contributed by atoms with Crippen molar-refractivity contribution in [2.24, 2.45) is 11.5 Å². The monoisotopic (exact) mass is 161 g/mol. The fourth-order valence-corrected chi connectivity index (χ4v) is 0. The second-order valence-electron chi connectivity index (χ2n) is 0.738. The zero-order valence-electron chi connectivity index (χ0n) is 5.96. The van der Waals surface area contributed by atoms with Gasteiger partial charge in [0.25, 0.3) is 0 Å². The van der Waals surface area contributed by atoms with Crippen molar-refractivity contribution in [1.82, 2.24) is 0 Å². The Morgan fingerprint density at radius 1 is 1.44 bits per heavy atom. The molecule has 6 nitrogen and oxygen atoms in total. The number of rotatable bonds is 0. The molecule has 0 rings (SSSR count). The summed E-state index contributed by atoms with van der Waals surface area (Å²) in [7, 11) is 0. The first kappa shape index (κ1) is 16.1. The molecule has 0 saturated heterocycles. The molecular formula is C2H8KN3O3. The summed E-state index contributed by atoms with van der Waals surface area (Å²) in [6, 6.07) is 0. The third-order valence-electron chi connectivity index (χ3n) is 0. The Hall–Kier alpha value is 0.176. The summed E-state index contributed by atoms with van der Waals surface area (Å²) in [5.41, 5.74) is 8.94. The van der Waals surface area contributed by atoms with Crippen LogP contribution in [0.15, 0.2) is 0 Å².